The molecule has 0 bridgehead atoms. The van der Waals surface area contributed by atoms with Crippen LogP contribution in [0.5, 0.6) is 0 Å². The first-order valence-electron chi connectivity index (χ1n) is 6.40. The smallest absolute Gasteiger partial charge is 0.326 e. The molecular weight excluding hydrogens is 250 g/mol. The van der Waals surface area contributed by atoms with E-state index in [0.717, 1.165) is 0 Å². The minimum Gasteiger partial charge on any atom is -0.480 e. The van der Waals surface area contributed by atoms with Crippen LogP contribution in [-0.2, 0) is 9.59 Å². The Balaban J connectivity index is 4.00. The molecule has 0 aromatic heterocycles. The third-order valence-corrected chi connectivity index (χ3v) is 2.32. The van der Waals surface area contributed by atoms with Crippen LogP contribution < -0.4 is 16.0 Å². The number of carboxylic acid groups (broad SMARTS) is 1. The third kappa shape index (κ3) is 8.87. The van der Waals surface area contributed by atoms with Gasteiger partial charge in [0.1, 0.15) is 6.04 Å². The molecule has 3 amide bonds. The maximum atomic E-state index is 11.5. The standard InChI is InChI=1S/C12H23N3O4/c1-4-13-10(16)5-6-14-12(19)15-9(11(17)18)7-8(2)3/h8-9H,4-7H2,1-3H3,(H,13,16)(H,17,18)(H2,14,15,19)/t9-/m1/s1. The van der Waals surface area contributed by atoms with Gasteiger partial charge in [0, 0.05) is 19.5 Å². The number of rotatable bonds is 8. The largest absolute Gasteiger partial charge is 0.480 e. The second kappa shape index (κ2) is 9.18. The Bertz CT molecular complexity index is 318. The van der Waals surface area contributed by atoms with Crippen LogP contribution in [-0.4, -0.2) is 42.1 Å². The lowest BCUT2D eigenvalue weighted by molar-refractivity contribution is -0.139. The number of hydrogen-bond acceptors (Lipinski definition) is 3. The van der Waals surface area contributed by atoms with Crippen molar-refractivity contribution in [3.05, 3.63) is 0 Å². The average molecular weight is 273 g/mol. The Kier molecular flexibility index (Phi) is 8.32. The SMILES string of the molecule is CCNC(=O)CCNC(=O)N[C@H](CC(C)C)C(=O)O. The van der Waals surface area contributed by atoms with Crippen LogP contribution in [0.25, 0.3) is 0 Å². The highest BCUT2D eigenvalue weighted by molar-refractivity contribution is 5.83. The topological polar surface area (TPSA) is 108 Å². The molecule has 0 aromatic carbocycles. The Morgan fingerprint density at radius 2 is 1.79 bits per heavy atom. The summed E-state index contributed by atoms with van der Waals surface area (Å²) in [6.45, 7) is 6.28. The van der Waals surface area contributed by atoms with Gasteiger partial charge in [0.05, 0.1) is 0 Å². The van der Waals surface area contributed by atoms with E-state index in [1.165, 1.54) is 0 Å². The van der Waals surface area contributed by atoms with Crippen molar-refractivity contribution in [3.8, 4) is 0 Å². The molecule has 0 spiro atoms. The lowest BCUT2D eigenvalue weighted by Crippen LogP contribution is -2.47. The Morgan fingerprint density at radius 3 is 2.26 bits per heavy atom. The van der Waals surface area contributed by atoms with E-state index in [1.807, 2.05) is 13.8 Å². The number of carbonyl (C=O) groups is 3. The van der Waals surface area contributed by atoms with Crippen molar-refractivity contribution in [2.45, 2.75) is 39.7 Å². The van der Waals surface area contributed by atoms with Crippen molar-refractivity contribution >= 4 is 17.9 Å². The molecule has 1 atom stereocenters. The predicted octanol–water partition coefficient (Wildman–Crippen LogP) is 0.311. The predicted molar refractivity (Wildman–Crippen MR) is 70.7 cm³/mol. The molecule has 0 saturated heterocycles. The zero-order chi connectivity index (χ0) is 14.8. The van der Waals surface area contributed by atoms with E-state index < -0.39 is 18.0 Å². The molecule has 0 radical (unpaired) electrons. The number of hydrogen-bond donors (Lipinski definition) is 4. The summed E-state index contributed by atoms with van der Waals surface area (Å²) in [4.78, 5) is 33.5. The molecular formula is C12H23N3O4. The monoisotopic (exact) mass is 273 g/mol. The first-order chi connectivity index (χ1) is 8.86. The summed E-state index contributed by atoms with van der Waals surface area (Å²) in [6.07, 6.45) is 0.530. The van der Waals surface area contributed by atoms with Crippen LogP contribution in [0.3, 0.4) is 0 Å². The molecule has 19 heavy (non-hydrogen) atoms. The van der Waals surface area contributed by atoms with Crippen molar-refractivity contribution in [1.29, 1.82) is 0 Å². The summed E-state index contributed by atoms with van der Waals surface area (Å²) in [5.41, 5.74) is 0. The van der Waals surface area contributed by atoms with Gasteiger partial charge in [-0.05, 0) is 19.3 Å². The number of carbonyl (C=O) groups excluding carboxylic acids is 2. The molecule has 0 fully saturated rings. The zero-order valence-electron chi connectivity index (χ0n) is 11.7. The van der Waals surface area contributed by atoms with Gasteiger partial charge < -0.3 is 21.1 Å². The Morgan fingerprint density at radius 1 is 1.16 bits per heavy atom. The van der Waals surface area contributed by atoms with Crippen LogP contribution >= 0.6 is 0 Å². The highest BCUT2D eigenvalue weighted by atomic mass is 16.4. The second-order valence-corrected chi connectivity index (χ2v) is 4.62. The van der Waals surface area contributed by atoms with Crippen molar-refractivity contribution in [1.82, 2.24) is 16.0 Å². The first-order valence-corrected chi connectivity index (χ1v) is 6.40. The Labute approximate surface area is 113 Å². The number of amides is 3. The van der Waals surface area contributed by atoms with Crippen LogP contribution in [0.4, 0.5) is 4.79 Å². The van der Waals surface area contributed by atoms with Gasteiger partial charge in [0.25, 0.3) is 0 Å². The van der Waals surface area contributed by atoms with E-state index in [1.54, 1.807) is 6.92 Å². The van der Waals surface area contributed by atoms with Gasteiger partial charge in [-0.15, -0.1) is 0 Å². The van der Waals surface area contributed by atoms with Gasteiger partial charge in [-0.3, -0.25) is 4.79 Å². The lowest BCUT2D eigenvalue weighted by atomic mass is 10.0. The molecule has 0 unspecified atom stereocenters. The molecule has 4 N–H and O–H groups in total. The second-order valence-electron chi connectivity index (χ2n) is 4.62. The van der Waals surface area contributed by atoms with Crippen LogP contribution in [0.2, 0.25) is 0 Å². The fourth-order valence-electron chi connectivity index (χ4n) is 1.48. The number of nitrogens with one attached hydrogen (secondary N) is 3. The van der Waals surface area contributed by atoms with Gasteiger partial charge in [-0.25, -0.2) is 9.59 Å². The highest BCUT2D eigenvalue weighted by Crippen LogP contribution is 2.04. The van der Waals surface area contributed by atoms with Gasteiger partial charge in [-0.2, -0.15) is 0 Å². The molecule has 0 aliphatic heterocycles. The van der Waals surface area contributed by atoms with E-state index in [2.05, 4.69) is 16.0 Å². The van der Waals surface area contributed by atoms with Crippen LogP contribution in [0, 0.1) is 5.92 Å². The molecule has 0 saturated carbocycles. The fraction of sp³-hybridized carbons (Fsp3) is 0.750. The summed E-state index contributed by atoms with van der Waals surface area (Å²) in [5.74, 6) is -1.05. The van der Waals surface area contributed by atoms with Gasteiger partial charge in [-0.1, -0.05) is 13.8 Å². The van der Waals surface area contributed by atoms with Crippen molar-refractivity contribution in [2.75, 3.05) is 13.1 Å². The first kappa shape index (κ1) is 17.2. The van der Waals surface area contributed by atoms with Crippen LogP contribution in [0.1, 0.15) is 33.6 Å². The average Bonchev–Trinajstić information content (AvgIpc) is 2.27. The fourth-order valence-corrected chi connectivity index (χ4v) is 1.48. The number of aliphatic carboxylic acids is 1. The molecule has 7 heteroatoms. The maximum absolute atomic E-state index is 11.5. The van der Waals surface area contributed by atoms with Crippen molar-refractivity contribution in [2.24, 2.45) is 5.92 Å². The summed E-state index contributed by atoms with van der Waals surface area (Å²) in [6, 6.07) is -1.48. The summed E-state index contributed by atoms with van der Waals surface area (Å²) in [5, 5.41) is 16.4. The van der Waals surface area contributed by atoms with E-state index in [-0.39, 0.29) is 24.8 Å². The van der Waals surface area contributed by atoms with E-state index in [9.17, 15) is 14.4 Å². The van der Waals surface area contributed by atoms with Gasteiger partial charge >= 0.3 is 12.0 Å². The highest BCUT2D eigenvalue weighted by Gasteiger charge is 2.20. The quantitative estimate of drug-likeness (QED) is 0.510. The minimum absolute atomic E-state index is 0.153. The lowest BCUT2D eigenvalue weighted by Gasteiger charge is -2.16. The molecule has 0 aliphatic rings. The maximum Gasteiger partial charge on any atom is 0.326 e. The molecule has 0 heterocycles. The van der Waals surface area contributed by atoms with Gasteiger partial charge in [0.2, 0.25) is 5.91 Å². The van der Waals surface area contributed by atoms with E-state index in [4.69, 9.17) is 5.11 Å². The van der Waals surface area contributed by atoms with E-state index in [0.29, 0.717) is 13.0 Å². The molecule has 0 aliphatic carbocycles. The molecule has 7 nitrogen and oxygen atoms in total. The number of urea groups is 1. The van der Waals surface area contributed by atoms with Gasteiger partial charge in [0.15, 0.2) is 0 Å². The summed E-state index contributed by atoms with van der Waals surface area (Å²) < 4.78 is 0. The van der Waals surface area contributed by atoms with Crippen LogP contribution in [0.15, 0.2) is 0 Å². The minimum atomic E-state index is -1.06. The molecule has 0 aromatic rings. The zero-order valence-corrected chi connectivity index (χ0v) is 11.7. The normalized spacial score (nSPS) is 11.8. The molecule has 110 valence electrons. The summed E-state index contributed by atoms with van der Waals surface area (Å²) in [7, 11) is 0. The Hall–Kier alpha value is -1.79. The summed E-state index contributed by atoms with van der Waals surface area (Å²) >= 11 is 0. The number of carboxylic acids is 1. The van der Waals surface area contributed by atoms with Crippen molar-refractivity contribution < 1.29 is 19.5 Å². The van der Waals surface area contributed by atoms with Crippen molar-refractivity contribution in [3.63, 3.8) is 0 Å². The van der Waals surface area contributed by atoms with E-state index >= 15 is 0 Å². The third-order valence-electron chi connectivity index (χ3n) is 2.32. The molecule has 0 rings (SSSR count).